The minimum absolute atomic E-state index is 0.00370. The Hall–Kier alpha value is -1.40. The van der Waals surface area contributed by atoms with E-state index in [1.54, 1.807) is 26.2 Å². The lowest BCUT2D eigenvalue weighted by molar-refractivity contribution is -0.128. The number of rotatable bonds is 7. The molecule has 122 valence electrons. The highest BCUT2D eigenvalue weighted by Gasteiger charge is 2.11. The van der Waals surface area contributed by atoms with Crippen LogP contribution in [0.5, 0.6) is 0 Å². The lowest BCUT2D eigenvalue weighted by atomic mass is 10.2. The number of hydrogen-bond acceptors (Lipinski definition) is 3. The molecule has 0 saturated heterocycles. The van der Waals surface area contributed by atoms with E-state index in [1.807, 2.05) is 13.0 Å². The maximum Gasteiger partial charge on any atom is 0.236 e. The first-order chi connectivity index (χ1) is 10.3. The second-order valence-electron chi connectivity index (χ2n) is 5.19. The van der Waals surface area contributed by atoms with Crippen molar-refractivity contribution in [2.24, 2.45) is 0 Å². The van der Waals surface area contributed by atoms with Crippen LogP contribution in [-0.2, 0) is 20.4 Å². The predicted octanol–water partition coefficient (Wildman–Crippen LogP) is 2.20. The zero-order valence-electron chi connectivity index (χ0n) is 13.0. The minimum atomic E-state index is -1.28. The molecule has 5 nitrogen and oxygen atoms in total. The number of nitrogens with one attached hydrogen (secondary N) is 1. The van der Waals surface area contributed by atoms with Crippen LogP contribution in [0.1, 0.15) is 18.4 Å². The molecule has 7 heteroatoms. The third-order valence-corrected chi connectivity index (χ3v) is 4.59. The molecular weight excluding hydrogens is 324 g/mol. The van der Waals surface area contributed by atoms with Gasteiger partial charge in [0, 0.05) is 47.8 Å². The van der Waals surface area contributed by atoms with E-state index in [-0.39, 0.29) is 17.6 Å². The van der Waals surface area contributed by atoms with Crippen molar-refractivity contribution in [1.82, 2.24) is 4.90 Å². The summed E-state index contributed by atoms with van der Waals surface area (Å²) in [5.41, 5.74) is 1.51. The molecule has 1 rings (SSSR count). The van der Waals surface area contributed by atoms with Gasteiger partial charge < -0.3 is 10.2 Å². The molecule has 0 aliphatic carbocycles. The molecule has 0 bridgehead atoms. The molecule has 0 unspecified atom stereocenters. The Balaban J connectivity index is 2.40. The molecule has 1 aromatic carbocycles. The molecule has 1 N–H and O–H groups in total. The Morgan fingerprint density at radius 2 is 2.00 bits per heavy atom. The van der Waals surface area contributed by atoms with E-state index in [0.29, 0.717) is 29.3 Å². The fraction of sp³-hybridized carbons (Fsp3) is 0.467. The first-order valence-electron chi connectivity index (χ1n) is 6.90. The standard InChI is InChI=1S/C15H21ClN2O3S/c1-11-6-7-12(16)9-13(11)17-14(19)10-22(21)8-4-5-15(20)18(2)3/h6-7,9H,4-5,8,10H2,1-3H3,(H,17,19)/t22-/m0/s1. The van der Waals surface area contributed by atoms with Crippen molar-refractivity contribution in [3.63, 3.8) is 0 Å². The molecule has 0 aromatic heterocycles. The van der Waals surface area contributed by atoms with Gasteiger partial charge in [-0.15, -0.1) is 0 Å². The van der Waals surface area contributed by atoms with Gasteiger partial charge in [0.2, 0.25) is 11.8 Å². The summed E-state index contributed by atoms with van der Waals surface area (Å²) < 4.78 is 11.8. The Bertz CT molecular complexity index is 576. The zero-order valence-corrected chi connectivity index (χ0v) is 14.6. The van der Waals surface area contributed by atoms with E-state index in [0.717, 1.165) is 5.56 Å². The highest BCUT2D eigenvalue weighted by atomic mass is 35.5. The van der Waals surface area contributed by atoms with Gasteiger partial charge in [-0.3, -0.25) is 13.8 Å². The average molecular weight is 345 g/mol. The molecule has 22 heavy (non-hydrogen) atoms. The lowest BCUT2D eigenvalue weighted by Gasteiger charge is -2.10. The molecule has 1 aromatic rings. The summed E-state index contributed by atoms with van der Waals surface area (Å²) >= 11 is 5.88. The van der Waals surface area contributed by atoms with Gasteiger partial charge in [-0.25, -0.2) is 0 Å². The summed E-state index contributed by atoms with van der Waals surface area (Å²) in [6.45, 7) is 1.86. The summed E-state index contributed by atoms with van der Waals surface area (Å²) in [7, 11) is 2.08. The molecule has 1 atom stereocenters. The van der Waals surface area contributed by atoms with Gasteiger partial charge >= 0.3 is 0 Å². The molecule has 0 spiro atoms. The van der Waals surface area contributed by atoms with Gasteiger partial charge in [0.15, 0.2) is 0 Å². The van der Waals surface area contributed by atoms with E-state index in [4.69, 9.17) is 11.6 Å². The van der Waals surface area contributed by atoms with Crippen LogP contribution in [0.2, 0.25) is 5.02 Å². The largest absolute Gasteiger partial charge is 0.349 e. The summed E-state index contributed by atoms with van der Waals surface area (Å²) in [4.78, 5) is 24.8. The van der Waals surface area contributed by atoms with Crippen LogP contribution in [0.15, 0.2) is 18.2 Å². The number of amides is 2. The summed E-state index contributed by atoms with van der Waals surface area (Å²) in [5.74, 6) is -0.0671. The Morgan fingerprint density at radius 1 is 1.32 bits per heavy atom. The predicted molar refractivity (Wildman–Crippen MR) is 90.6 cm³/mol. The van der Waals surface area contributed by atoms with Crippen molar-refractivity contribution in [3.05, 3.63) is 28.8 Å². The van der Waals surface area contributed by atoms with E-state index in [2.05, 4.69) is 5.32 Å². The Labute approximate surface area is 138 Å². The number of nitrogens with zero attached hydrogens (tertiary/aromatic N) is 1. The van der Waals surface area contributed by atoms with Crippen molar-refractivity contribution >= 4 is 39.9 Å². The van der Waals surface area contributed by atoms with Crippen molar-refractivity contribution in [1.29, 1.82) is 0 Å². The van der Waals surface area contributed by atoms with Gasteiger partial charge in [-0.05, 0) is 31.0 Å². The van der Waals surface area contributed by atoms with Crippen molar-refractivity contribution in [2.75, 3.05) is 30.9 Å². The highest BCUT2D eigenvalue weighted by molar-refractivity contribution is 7.85. The van der Waals surface area contributed by atoms with Gasteiger partial charge in [0.1, 0.15) is 5.75 Å². The normalized spacial score (nSPS) is 11.8. The SMILES string of the molecule is Cc1ccc(Cl)cc1NC(=O)C[S@@](=O)CCCC(=O)N(C)C. The summed E-state index contributed by atoms with van der Waals surface area (Å²) in [5, 5.41) is 3.24. The second-order valence-corrected chi connectivity index (χ2v) is 7.20. The lowest BCUT2D eigenvalue weighted by Crippen LogP contribution is -2.23. The maximum atomic E-state index is 11.9. The van der Waals surface area contributed by atoms with Gasteiger partial charge in [0.25, 0.3) is 0 Å². The number of benzene rings is 1. The number of carbonyl (C=O) groups is 2. The van der Waals surface area contributed by atoms with Gasteiger partial charge in [-0.1, -0.05) is 17.7 Å². The zero-order chi connectivity index (χ0) is 16.7. The smallest absolute Gasteiger partial charge is 0.236 e. The number of halogens is 1. The van der Waals surface area contributed by atoms with Crippen LogP contribution in [0.3, 0.4) is 0 Å². The van der Waals surface area contributed by atoms with Crippen LogP contribution in [0, 0.1) is 6.92 Å². The van der Waals surface area contributed by atoms with Crippen LogP contribution < -0.4 is 5.32 Å². The summed E-state index contributed by atoms with van der Waals surface area (Å²) in [6.07, 6.45) is 0.848. The van der Waals surface area contributed by atoms with E-state index >= 15 is 0 Å². The topological polar surface area (TPSA) is 66.5 Å². The summed E-state index contributed by atoms with van der Waals surface area (Å²) in [6, 6.07) is 5.21. The van der Waals surface area contributed by atoms with Crippen LogP contribution in [0.4, 0.5) is 5.69 Å². The number of anilines is 1. The highest BCUT2D eigenvalue weighted by Crippen LogP contribution is 2.20. The van der Waals surface area contributed by atoms with Crippen LogP contribution in [-0.4, -0.2) is 46.5 Å². The Kier molecular flexibility index (Phi) is 7.55. The van der Waals surface area contributed by atoms with E-state index < -0.39 is 10.8 Å². The van der Waals surface area contributed by atoms with Gasteiger partial charge in [-0.2, -0.15) is 0 Å². The van der Waals surface area contributed by atoms with Crippen molar-refractivity contribution in [3.8, 4) is 0 Å². The quantitative estimate of drug-likeness (QED) is 0.824. The molecule has 0 aliphatic rings. The Morgan fingerprint density at radius 3 is 2.64 bits per heavy atom. The average Bonchev–Trinajstić information content (AvgIpc) is 2.42. The van der Waals surface area contributed by atoms with Crippen LogP contribution >= 0.6 is 11.6 Å². The first-order valence-corrected chi connectivity index (χ1v) is 8.77. The number of carbonyl (C=O) groups excluding carboxylic acids is 2. The second kappa shape index (κ2) is 8.90. The van der Waals surface area contributed by atoms with Crippen molar-refractivity contribution in [2.45, 2.75) is 19.8 Å². The minimum Gasteiger partial charge on any atom is -0.349 e. The number of aryl methyl sites for hydroxylation is 1. The third-order valence-electron chi connectivity index (χ3n) is 3.03. The van der Waals surface area contributed by atoms with E-state index in [9.17, 15) is 13.8 Å². The maximum absolute atomic E-state index is 11.9. The monoisotopic (exact) mass is 344 g/mol. The van der Waals surface area contributed by atoms with E-state index in [1.165, 1.54) is 4.90 Å². The third kappa shape index (κ3) is 6.58. The molecular formula is C15H21ClN2O3S. The molecule has 0 heterocycles. The fourth-order valence-electron chi connectivity index (χ4n) is 1.74. The van der Waals surface area contributed by atoms with Gasteiger partial charge in [0.05, 0.1) is 0 Å². The molecule has 0 saturated carbocycles. The molecule has 0 radical (unpaired) electrons. The molecule has 2 amide bonds. The van der Waals surface area contributed by atoms with Crippen molar-refractivity contribution < 1.29 is 13.8 Å². The van der Waals surface area contributed by atoms with Crippen LogP contribution in [0.25, 0.3) is 0 Å². The number of hydrogen-bond donors (Lipinski definition) is 1. The molecule has 0 fully saturated rings. The fourth-order valence-corrected chi connectivity index (χ4v) is 2.89. The first kappa shape index (κ1) is 18.6. The molecule has 0 aliphatic heterocycles.